The predicted molar refractivity (Wildman–Crippen MR) is 66.4 cm³/mol. The lowest BCUT2D eigenvalue weighted by Gasteiger charge is -2.15. The first-order valence-electron chi connectivity index (χ1n) is 5.08. The zero-order chi connectivity index (χ0) is 12.9. The lowest BCUT2D eigenvalue weighted by Crippen LogP contribution is -2.22. The minimum absolute atomic E-state index is 0.00169. The highest BCUT2D eigenvalue weighted by Gasteiger charge is 2.27. The highest BCUT2D eigenvalue weighted by atomic mass is 35.5. The van der Waals surface area contributed by atoms with Crippen molar-refractivity contribution in [2.45, 2.75) is 18.5 Å². The summed E-state index contributed by atoms with van der Waals surface area (Å²) in [6.07, 6.45) is 0. The molecule has 1 rings (SSSR count). The van der Waals surface area contributed by atoms with Crippen molar-refractivity contribution in [3.05, 3.63) is 34.9 Å². The zero-order valence-electron chi connectivity index (χ0n) is 9.22. The summed E-state index contributed by atoms with van der Waals surface area (Å²) in [7, 11) is 0. The Labute approximate surface area is 108 Å². The van der Waals surface area contributed by atoms with E-state index in [4.69, 9.17) is 11.6 Å². The lowest BCUT2D eigenvalue weighted by molar-refractivity contribution is -0.0327. The quantitative estimate of drug-likeness (QED) is 0.811. The van der Waals surface area contributed by atoms with Crippen molar-refractivity contribution in [3.8, 4) is 0 Å². The summed E-state index contributed by atoms with van der Waals surface area (Å²) in [6.45, 7) is 2.16. The number of alkyl halides is 3. The fraction of sp³-hybridized carbons (Fsp3) is 0.455. The minimum atomic E-state index is -4.16. The molecule has 0 bridgehead atoms. The maximum absolute atomic E-state index is 11.9. The monoisotopic (exact) mass is 283 g/mol. The first kappa shape index (κ1) is 14.7. The molecular formula is C11H13ClF3NS. The molecule has 0 saturated carbocycles. The van der Waals surface area contributed by atoms with E-state index in [1.807, 2.05) is 25.1 Å². The van der Waals surface area contributed by atoms with Crippen molar-refractivity contribution in [2.75, 3.05) is 12.3 Å². The summed E-state index contributed by atoms with van der Waals surface area (Å²) in [4.78, 5) is 0. The van der Waals surface area contributed by atoms with Gasteiger partial charge in [0.15, 0.2) is 0 Å². The van der Waals surface area contributed by atoms with Crippen LogP contribution in [0.25, 0.3) is 0 Å². The Hall–Kier alpha value is -0.390. The van der Waals surface area contributed by atoms with Crippen LogP contribution in [0.2, 0.25) is 5.02 Å². The molecule has 0 spiro atoms. The SMILES string of the molecule is C[C@H](NCCSC(F)(F)F)c1ccccc1Cl. The molecule has 1 aromatic rings. The second-order valence-electron chi connectivity index (χ2n) is 3.49. The predicted octanol–water partition coefficient (Wildman–Crippen LogP) is 4.24. The Morgan fingerprint density at radius 3 is 2.59 bits per heavy atom. The number of halogens is 4. The Balaban J connectivity index is 2.36. The van der Waals surface area contributed by atoms with E-state index in [9.17, 15) is 13.2 Å². The molecule has 1 N–H and O–H groups in total. The maximum atomic E-state index is 11.9. The fourth-order valence-electron chi connectivity index (χ4n) is 1.38. The smallest absolute Gasteiger partial charge is 0.309 e. The van der Waals surface area contributed by atoms with Gasteiger partial charge in [0.05, 0.1) is 0 Å². The van der Waals surface area contributed by atoms with Gasteiger partial charge in [-0.3, -0.25) is 0 Å². The Morgan fingerprint density at radius 1 is 1.35 bits per heavy atom. The van der Waals surface area contributed by atoms with Crippen LogP contribution in [0.5, 0.6) is 0 Å². The van der Waals surface area contributed by atoms with Gasteiger partial charge in [0.1, 0.15) is 0 Å². The Bertz CT molecular complexity index is 357. The van der Waals surface area contributed by atoms with E-state index < -0.39 is 5.51 Å². The Morgan fingerprint density at radius 2 is 2.00 bits per heavy atom. The highest BCUT2D eigenvalue weighted by molar-refractivity contribution is 8.00. The van der Waals surface area contributed by atoms with Gasteiger partial charge in [0.2, 0.25) is 0 Å². The van der Waals surface area contributed by atoms with E-state index in [0.717, 1.165) is 5.56 Å². The molecule has 0 radical (unpaired) electrons. The average molecular weight is 284 g/mol. The second-order valence-corrected chi connectivity index (χ2v) is 5.06. The summed E-state index contributed by atoms with van der Waals surface area (Å²) in [5.74, 6) is -0.00169. The normalized spacial score (nSPS) is 13.7. The molecule has 0 aliphatic heterocycles. The zero-order valence-corrected chi connectivity index (χ0v) is 10.8. The first-order chi connectivity index (χ1) is 7.90. The van der Waals surface area contributed by atoms with Crippen LogP contribution in [0.4, 0.5) is 13.2 Å². The standard InChI is InChI=1S/C11H13ClF3NS/c1-8(9-4-2-3-5-10(9)12)16-6-7-17-11(13,14)15/h2-5,8,16H,6-7H2,1H3/t8-/m0/s1. The van der Waals surface area contributed by atoms with Crippen LogP contribution in [-0.4, -0.2) is 17.8 Å². The first-order valence-corrected chi connectivity index (χ1v) is 6.45. The molecule has 1 aromatic carbocycles. The molecule has 0 amide bonds. The third kappa shape index (κ3) is 5.66. The third-order valence-corrected chi connectivity index (χ3v) is 3.27. The second kappa shape index (κ2) is 6.52. The average Bonchev–Trinajstić information content (AvgIpc) is 2.23. The number of benzene rings is 1. The third-order valence-electron chi connectivity index (χ3n) is 2.19. The highest BCUT2D eigenvalue weighted by Crippen LogP contribution is 2.29. The van der Waals surface area contributed by atoms with Crippen molar-refractivity contribution in [3.63, 3.8) is 0 Å². The van der Waals surface area contributed by atoms with E-state index in [-0.39, 0.29) is 30.1 Å². The summed E-state index contributed by atoms with van der Waals surface area (Å²) >= 11 is 5.96. The van der Waals surface area contributed by atoms with Gasteiger partial charge in [0, 0.05) is 23.4 Å². The summed E-state index contributed by atoms with van der Waals surface area (Å²) in [6, 6.07) is 7.23. The molecular weight excluding hydrogens is 271 g/mol. The molecule has 0 aromatic heterocycles. The van der Waals surface area contributed by atoms with Crippen LogP contribution in [0.1, 0.15) is 18.5 Å². The number of hydrogen-bond donors (Lipinski definition) is 1. The van der Waals surface area contributed by atoms with E-state index in [0.29, 0.717) is 5.02 Å². The van der Waals surface area contributed by atoms with Gasteiger partial charge in [-0.05, 0) is 30.3 Å². The Kier molecular flexibility index (Phi) is 5.62. The van der Waals surface area contributed by atoms with Gasteiger partial charge in [-0.1, -0.05) is 29.8 Å². The molecule has 0 fully saturated rings. The van der Waals surface area contributed by atoms with Crippen LogP contribution < -0.4 is 5.32 Å². The fourth-order valence-corrected chi connectivity index (χ4v) is 2.13. The van der Waals surface area contributed by atoms with Crippen LogP contribution in [0, 0.1) is 0 Å². The van der Waals surface area contributed by atoms with Gasteiger partial charge in [-0.2, -0.15) is 13.2 Å². The van der Waals surface area contributed by atoms with E-state index in [1.54, 1.807) is 6.07 Å². The molecule has 1 nitrogen and oxygen atoms in total. The molecule has 0 heterocycles. The molecule has 17 heavy (non-hydrogen) atoms. The number of thioether (sulfide) groups is 1. The number of hydrogen-bond acceptors (Lipinski definition) is 2. The van der Waals surface area contributed by atoms with E-state index in [2.05, 4.69) is 5.32 Å². The topological polar surface area (TPSA) is 12.0 Å². The molecule has 6 heteroatoms. The molecule has 0 aliphatic carbocycles. The van der Waals surface area contributed by atoms with E-state index >= 15 is 0 Å². The molecule has 96 valence electrons. The van der Waals surface area contributed by atoms with Crippen molar-refractivity contribution in [1.82, 2.24) is 5.32 Å². The molecule has 0 saturated heterocycles. The number of nitrogens with one attached hydrogen (secondary N) is 1. The maximum Gasteiger partial charge on any atom is 0.441 e. The minimum Gasteiger partial charge on any atom is -0.309 e. The number of rotatable bonds is 5. The summed E-state index contributed by atoms with van der Waals surface area (Å²) < 4.78 is 35.6. The molecule has 0 unspecified atom stereocenters. The van der Waals surface area contributed by atoms with Crippen molar-refractivity contribution in [1.29, 1.82) is 0 Å². The largest absolute Gasteiger partial charge is 0.441 e. The van der Waals surface area contributed by atoms with Crippen LogP contribution in [0.3, 0.4) is 0 Å². The summed E-state index contributed by atoms with van der Waals surface area (Å²) in [5, 5.41) is 3.63. The van der Waals surface area contributed by atoms with E-state index in [1.165, 1.54) is 0 Å². The van der Waals surface area contributed by atoms with Gasteiger partial charge in [0.25, 0.3) is 0 Å². The van der Waals surface area contributed by atoms with Crippen LogP contribution in [0.15, 0.2) is 24.3 Å². The molecule has 1 atom stereocenters. The van der Waals surface area contributed by atoms with Crippen molar-refractivity contribution < 1.29 is 13.2 Å². The molecule has 0 aliphatic rings. The van der Waals surface area contributed by atoms with Gasteiger partial charge in [-0.25, -0.2) is 0 Å². The summed E-state index contributed by atoms with van der Waals surface area (Å²) in [5.41, 5.74) is -3.26. The van der Waals surface area contributed by atoms with Crippen LogP contribution >= 0.6 is 23.4 Å². The van der Waals surface area contributed by atoms with Crippen molar-refractivity contribution >= 4 is 23.4 Å². The van der Waals surface area contributed by atoms with Crippen LogP contribution in [-0.2, 0) is 0 Å². The lowest BCUT2D eigenvalue weighted by atomic mass is 10.1. The van der Waals surface area contributed by atoms with Gasteiger partial charge < -0.3 is 5.32 Å². The van der Waals surface area contributed by atoms with Crippen molar-refractivity contribution in [2.24, 2.45) is 0 Å². The van der Waals surface area contributed by atoms with Gasteiger partial charge in [-0.15, -0.1) is 0 Å². The van der Waals surface area contributed by atoms with Gasteiger partial charge >= 0.3 is 5.51 Å².